The summed E-state index contributed by atoms with van der Waals surface area (Å²) in [6, 6.07) is 13.4. The summed E-state index contributed by atoms with van der Waals surface area (Å²) in [5.74, 6) is -0.370. The summed E-state index contributed by atoms with van der Waals surface area (Å²) in [5.41, 5.74) is 4.97. The molecule has 0 aromatic heterocycles. The molecule has 2 aromatic carbocycles. The molecule has 1 aliphatic heterocycles. The second-order valence-electron chi connectivity index (χ2n) is 6.36. The number of rotatable bonds is 3. The first-order chi connectivity index (χ1) is 11.9. The number of hydrogen-bond donors (Lipinski definition) is 1. The third-order valence-electron chi connectivity index (χ3n) is 4.21. The molecule has 5 heteroatoms. The first-order valence-electron chi connectivity index (χ1n) is 8.30. The molecule has 0 bridgehead atoms. The number of aryl methyl sites for hydroxylation is 3. The maximum Gasteiger partial charge on any atom is 0.271 e. The van der Waals surface area contributed by atoms with Crippen molar-refractivity contribution in [2.45, 2.75) is 33.6 Å². The number of carbonyl (C=O) groups excluding carboxylic acids is 2. The lowest BCUT2D eigenvalue weighted by molar-refractivity contribution is -0.118. The van der Waals surface area contributed by atoms with E-state index < -0.39 is 0 Å². The van der Waals surface area contributed by atoms with Gasteiger partial charge in [-0.25, -0.2) is 5.01 Å². The molecule has 2 amide bonds. The van der Waals surface area contributed by atoms with Crippen molar-refractivity contribution in [1.82, 2.24) is 0 Å². The van der Waals surface area contributed by atoms with E-state index in [0.717, 1.165) is 22.4 Å². The van der Waals surface area contributed by atoms with Crippen LogP contribution in [0.1, 0.15) is 29.5 Å². The Balaban J connectivity index is 1.84. The molecule has 2 aromatic rings. The van der Waals surface area contributed by atoms with Crippen LogP contribution in [0.25, 0.3) is 0 Å². The van der Waals surface area contributed by atoms with Crippen molar-refractivity contribution in [1.29, 1.82) is 0 Å². The van der Waals surface area contributed by atoms with Crippen molar-refractivity contribution in [3.05, 3.63) is 59.2 Å². The molecule has 1 aliphatic rings. The molecule has 1 N–H and O–H groups in total. The second kappa shape index (κ2) is 6.89. The summed E-state index contributed by atoms with van der Waals surface area (Å²) >= 11 is 0. The maximum atomic E-state index is 12.6. The van der Waals surface area contributed by atoms with Crippen molar-refractivity contribution < 1.29 is 9.59 Å². The highest BCUT2D eigenvalue weighted by Crippen LogP contribution is 2.22. The quantitative estimate of drug-likeness (QED) is 0.929. The molecule has 0 saturated carbocycles. The Kier molecular flexibility index (Phi) is 4.65. The Morgan fingerprint density at radius 1 is 1.00 bits per heavy atom. The lowest BCUT2D eigenvalue weighted by Gasteiger charge is -2.23. The average Bonchev–Trinajstić information content (AvgIpc) is 2.59. The normalized spacial score (nSPS) is 14.3. The van der Waals surface area contributed by atoms with Gasteiger partial charge in [0.15, 0.2) is 0 Å². The lowest BCUT2D eigenvalue weighted by atomic mass is 10.1. The fraction of sp³-hybridized carbons (Fsp3) is 0.250. The molecule has 0 fully saturated rings. The Morgan fingerprint density at radius 3 is 2.40 bits per heavy atom. The highest BCUT2D eigenvalue weighted by Gasteiger charge is 2.25. The molecule has 5 nitrogen and oxygen atoms in total. The largest absolute Gasteiger partial charge is 0.321 e. The molecule has 3 rings (SSSR count). The van der Waals surface area contributed by atoms with Gasteiger partial charge in [0.2, 0.25) is 5.91 Å². The van der Waals surface area contributed by atoms with E-state index in [1.165, 1.54) is 5.01 Å². The molecule has 1 heterocycles. The van der Waals surface area contributed by atoms with Crippen LogP contribution in [0.2, 0.25) is 0 Å². The Morgan fingerprint density at radius 2 is 1.68 bits per heavy atom. The van der Waals surface area contributed by atoms with Gasteiger partial charge in [0.25, 0.3) is 5.91 Å². The van der Waals surface area contributed by atoms with Gasteiger partial charge in [-0.2, -0.15) is 5.10 Å². The van der Waals surface area contributed by atoms with Crippen LogP contribution in [-0.4, -0.2) is 17.5 Å². The minimum absolute atomic E-state index is 0.105. The minimum Gasteiger partial charge on any atom is -0.321 e. The molecular formula is C20H21N3O2. The Labute approximate surface area is 147 Å². The van der Waals surface area contributed by atoms with Gasteiger partial charge < -0.3 is 5.32 Å². The number of hydrazone groups is 1. The maximum absolute atomic E-state index is 12.6. The van der Waals surface area contributed by atoms with Crippen molar-refractivity contribution in [2.75, 3.05) is 10.3 Å². The molecule has 128 valence electrons. The van der Waals surface area contributed by atoms with E-state index >= 15 is 0 Å². The van der Waals surface area contributed by atoms with Crippen molar-refractivity contribution in [3.8, 4) is 0 Å². The number of nitrogens with one attached hydrogen (secondary N) is 1. The van der Waals surface area contributed by atoms with E-state index in [4.69, 9.17) is 0 Å². The fourth-order valence-corrected chi connectivity index (χ4v) is 2.67. The van der Waals surface area contributed by atoms with Crippen molar-refractivity contribution in [3.63, 3.8) is 0 Å². The molecule has 0 aliphatic carbocycles. The highest BCUT2D eigenvalue weighted by atomic mass is 16.2. The Bertz CT molecular complexity index is 854. The molecular weight excluding hydrogens is 314 g/mol. The number of carbonyl (C=O) groups is 2. The summed E-state index contributed by atoms with van der Waals surface area (Å²) in [6.07, 6.45) is 0.616. The van der Waals surface area contributed by atoms with Crippen molar-refractivity contribution >= 4 is 28.9 Å². The average molecular weight is 335 g/mol. The standard InChI is InChI=1S/C20H21N3O2/c1-13-5-8-16(9-6-13)23-19(24)11-10-17(22-23)20(25)21-18-12-14(2)4-7-15(18)3/h4-9,12H,10-11H2,1-3H3,(H,21,25). The van der Waals surface area contributed by atoms with Gasteiger partial charge in [0.05, 0.1) is 5.69 Å². The third-order valence-corrected chi connectivity index (χ3v) is 4.21. The summed E-state index contributed by atoms with van der Waals surface area (Å²) < 4.78 is 0. The molecule has 0 saturated heterocycles. The van der Waals surface area contributed by atoms with Crippen LogP contribution in [0.3, 0.4) is 0 Å². The van der Waals surface area contributed by atoms with Crippen molar-refractivity contribution in [2.24, 2.45) is 5.10 Å². The summed E-state index contributed by atoms with van der Waals surface area (Å²) in [7, 11) is 0. The topological polar surface area (TPSA) is 61.8 Å². The van der Waals surface area contributed by atoms with E-state index in [0.29, 0.717) is 17.8 Å². The summed E-state index contributed by atoms with van der Waals surface area (Å²) in [6.45, 7) is 5.90. The molecule has 0 spiro atoms. The van der Waals surface area contributed by atoms with Gasteiger partial charge in [-0.05, 0) is 50.1 Å². The van der Waals surface area contributed by atoms with Gasteiger partial charge >= 0.3 is 0 Å². The number of amides is 2. The number of anilines is 2. The van der Waals surface area contributed by atoms with Gasteiger partial charge in [-0.15, -0.1) is 0 Å². The first-order valence-corrected chi connectivity index (χ1v) is 8.30. The third kappa shape index (κ3) is 3.76. The lowest BCUT2D eigenvalue weighted by Crippen LogP contribution is -2.36. The highest BCUT2D eigenvalue weighted by molar-refractivity contribution is 6.44. The second-order valence-corrected chi connectivity index (χ2v) is 6.36. The van der Waals surface area contributed by atoms with Crippen LogP contribution in [-0.2, 0) is 9.59 Å². The van der Waals surface area contributed by atoms with Gasteiger partial charge in [-0.3, -0.25) is 9.59 Å². The summed E-state index contributed by atoms with van der Waals surface area (Å²) in [4.78, 5) is 24.8. The monoisotopic (exact) mass is 335 g/mol. The van der Waals surface area contributed by atoms with Gasteiger partial charge in [0.1, 0.15) is 5.71 Å². The van der Waals surface area contributed by atoms with E-state index in [1.54, 1.807) is 0 Å². The van der Waals surface area contributed by atoms with Crippen LogP contribution in [0.4, 0.5) is 11.4 Å². The minimum atomic E-state index is -0.265. The summed E-state index contributed by atoms with van der Waals surface area (Å²) in [5, 5.41) is 8.53. The van der Waals surface area contributed by atoms with Gasteiger partial charge in [0, 0.05) is 18.5 Å². The van der Waals surface area contributed by atoms with Crippen LogP contribution in [0.5, 0.6) is 0 Å². The number of hydrogen-bond acceptors (Lipinski definition) is 3. The SMILES string of the molecule is Cc1ccc(N2N=C(C(=O)Nc3cc(C)ccc3C)CCC2=O)cc1. The van der Waals surface area contributed by atoms with E-state index in [1.807, 2.05) is 63.2 Å². The van der Waals surface area contributed by atoms with Crippen LogP contribution in [0.15, 0.2) is 47.6 Å². The van der Waals surface area contributed by atoms with E-state index in [-0.39, 0.29) is 18.2 Å². The number of benzene rings is 2. The molecule has 0 radical (unpaired) electrons. The predicted octanol–water partition coefficient (Wildman–Crippen LogP) is 3.73. The van der Waals surface area contributed by atoms with Crippen LogP contribution >= 0.6 is 0 Å². The van der Waals surface area contributed by atoms with E-state index in [2.05, 4.69) is 10.4 Å². The van der Waals surface area contributed by atoms with E-state index in [9.17, 15) is 9.59 Å². The van der Waals surface area contributed by atoms with Gasteiger partial charge in [-0.1, -0.05) is 29.8 Å². The van der Waals surface area contributed by atoms with Crippen LogP contribution in [0, 0.1) is 20.8 Å². The molecule has 0 unspecified atom stereocenters. The fourth-order valence-electron chi connectivity index (χ4n) is 2.67. The molecule has 25 heavy (non-hydrogen) atoms. The van der Waals surface area contributed by atoms with Crippen LogP contribution < -0.4 is 10.3 Å². The Hall–Kier alpha value is -2.95. The zero-order chi connectivity index (χ0) is 18.0. The zero-order valence-corrected chi connectivity index (χ0v) is 14.7. The first kappa shape index (κ1) is 16.9. The smallest absolute Gasteiger partial charge is 0.271 e. The zero-order valence-electron chi connectivity index (χ0n) is 14.7. The molecule has 0 atom stereocenters. The predicted molar refractivity (Wildman–Crippen MR) is 99.9 cm³/mol. The number of nitrogens with zero attached hydrogens (tertiary/aromatic N) is 2.